The van der Waals surface area contributed by atoms with Crippen molar-refractivity contribution < 1.29 is 4.42 Å². The quantitative estimate of drug-likeness (QED) is 0.301. The van der Waals surface area contributed by atoms with Gasteiger partial charge in [0.15, 0.2) is 0 Å². The maximum Gasteiger partial charge on any atom is 0.136 e. The molecule has 4 aromatic carbocycles. The molecule has 2 heteroatoms. The number of nitrogens with zero attached hydrogens (tertiary/aromatic N) is 1. The van der Waals surface area contributed by atoms with Gasteiger partial charge in [-0.25, -0.2) is 0 Å². The van der Waals surface area contributed by atoms with Gasteiger partial charge in [0.05, 0.1) is 5.69 Å². The monoisotopic (exact) mass is 345 g/mol. The highest BCUT2D eigenvalue weighted by atomic mass is 16.3. The molecule has 6 rings (SSSR count). The zero-order chi connectivity index (χ0) is 17.8. The van der Waals surface area contributed by atoms with Crippen molar-refractivity contribution in [2.45, 2.75) is 0 Å². The first kappa shape index (κ1) is 14.5. The molecule has 0 aliphatic carbocycles. The van der Waals surface area contributed by atoms with E-state index in [9.17, 15) is 0 Å². The smallest absolute Gasteiger partial charge is 0.136 e. The Balaban J connectivity index is 1.74. The van der Waals surface area contributed by atoms with Crippen molar-refractivity contribution in [3.05, 3.63) is 91.1 Å². The number of pyridine rings is 1. The molecule has 2 heterocycles. The Morgan fingerprint density at radius 3 is 2.15 bits per heavy atom. The van der Waals surface area contributed by atoms with E-state index < -0.39 is 0 Å². The molecule has 0 unspecified atom stereocenters. The molecule has 0 N–H and O–H groups in total. The van der Waals surface area contributed by atoms with Gasteiger partial charge in [-0.05, 0) is 64.0 Å². The molecule has 0 aliphatic heterocycles. The van der Waals surface area contributed by atoms with Crippen molar-refractivity contribution in [2.24, 2.45) is 0 Å². The van der Waals surface area contributed by atoms with Gasteiger partial charge in [0.1, 0.15) is 11.2 Å². The van der Waals surface area contributed by atoms with Gasteiger partial charge in [0.25, 0.3) is 0 Å². The first-order chi connectivity index (χ1) is 13.4. The molecule has 27 heavy (non-hydrogen) atoms. The molecular formula is C25H15NO. The summed E-state index contributed by atoms with van der Waals surface area (Å²) in [6, 6.07) is 29.5. The van der Waals surface area contributed by atoms with Crippen molar-refractivity contribution in [1.82, 2.24) is 4.98 Å². The number of aromatic nitrogens is 1. The summed E-state index contributed by atoms with van der Waals surface area (Å²) in [4.78, 5) is 4.55. The molecule has 0 fully saturated rings. The summed E-state index contributed by atoms with van der Waals surface area (Å²) in [6.45, 7) is 0. The van der Waals surface area contributed by atoms with E-state index in [1.807, 2.05) is 36.5 Å². The van der Waals surface area contributed by atoms with Gasteiger partial charge in [0.2, 0.25) is 0 Å². The molecule has 126 valence electrons. The van der Waals surface area contributed by atoms with Crippen molar-refractivity contribution >= 4 is 43.5 Å². The second-order valence-electron chi connectivity index (χ2n) is 6.89. The standard InChI is InChI=1S/C25H15NO/c1-2-7-17-13-19-15-24-21(14-18(19)12-16(17)6-1)25-20(8-5-10-23(25)27-24)22-9-3-4-11-26-22/h1-15H. The van der Waals surface area contributed by atoms with E-state index >= 15 is 0 Å². The Kier molecular flexibility index (Phi) is 2.91. The topological polar surface area (TPSA) is 26.0 Å². The third-order valence-electron chi connectivity index (χ3n) is 5.26. The number of furan rings is 1. The zero-order valence-corrected chi connectivity index (χ0v) is 14.5. The van der Waals surface area contributed by atoms with Crippen LogP contribution in [0.4, 0.5) is 0 Å². The molecule has 0 aliphatic rings. The minimum Gasteiger partial charge on any atom is -0.456 e. The number of hydrogen-bond donors (Lipinski definition) is 0. The van der Waals surface area contributed by atoms with Crippen LogP contribution in [-0.4, -0.2) is 4.98 Å². The maximum atomic E-state index is 6.21. The van der Waals surface area contributed by atoms with Gasteiger partial charge >= 0.3 is 0 Å². The van der Waals surface area contributed by atoms with Crippen LogP contribution in [-0.2, 0) is 0 Å². The highest BCUT2D eigenvalue weighted by Gasteiger charge is 2.14. The normalized spacial score (nSPS) is 11.7. The molecular weight excluding hydrogens is 330 g/mol. The molecule has 2 nitrogen and oxygen atoms in total. The van der Waals surface area contributed by atoms with E-state index in [0.717, 1.165) is 33.2 Å². The summed E-state index contributed by atoms with van der Waals surface area (Å²) < 4.78 is 6.21. The summed E-state index contributed by atoms with van der Waals surface area (Å²) in [5.74, 6) is 0. The summed E-state index contributed by atoms with van der Waals surface area (Å²) >= 11 is 0. The van der Waals surface area contributed by atoms with Gasteiger partial charge < -0.3 is 4.42 Å². The highest BCUT2D eigenvalue weighted by Crippen LogP contribution is 2.38. The Bertz CT molecular complexity index is 1460. The van der Waals surface area contributed by atoms with Gasteiger partial charge in [-0.3, -0.25) is 4.98 Å². The van der Waals surface area contributed by atoms with E-state index in [1.54, 1.807) is 0 Å². The van der Waals surface area contributed by atoms with Crippen LogP contribution in [0.15, 0.2) is 95.5 Å². The maximum absolute atomic E-state index is 6.21. The van der Waals surface area contributed by atoms with Crippen LogP contribution in [0.5, 0.6) is 0 Å². The van der Waals surface area contributed by atoms with Gasteiger partial charge in [-0.1, -0.05) is 42.5 Å². The fraction of sp³-hybridized carbons (Fsp3) is 0. The summed E-state index contributed by atoms with van der Waals surface area (Å²) in [5.41, 5.74) is 3.88. The SMILES string of the molecule is c1ccc(-c2cccc3oc4cc5cc6ccccc6cc5cc4c23)nc1. The molecule has 0 radical (unpaired) electrons. The second-order valence-corrected chi connectivity index (χ2v) is 6.89. The van der Waals surface area contributed by atoms with Crippen LogP contribution in [0.3, 0.4) is 0 Å². The average molecular weight is 345 g/mol. The van der Waals surface area contributed by atoms with E-state index in [4.69, 9.17) is 4.42 Å². The lowest BCUT2D eigenvalue weighted by atomic mass is 9.99. The zero-order valence-electron chi connectivity index (χ0n) is 14.5. The molecule has 0 saturated carbocycles. The highest BCUT2D eigenvalue weighted by molar-refractivity contribution is 6.16. The van der Waals surface area contributed by atoms with Crippen LogP contribution in [0.25, 0.3) is 54.7 Å². The average Bonchev–Trinajstić information content (AvgIpc) is 3.08. The predicted molar refractivity (Wildman–Crippen MR) is 112 cm³/mol. The minimum absolute atomic E-state index is 0.896. The number of rotatable bonds is 1. The van der Waals surface area contributed by atoms with Crippen LogP contribution in [0.2, 0.25) is 0 Å². The predicted octanol–water partition coefficient (Wildman–Crippen LogP) is 6.95. The Labute approximate surface area is 155 Å². The Morgan fingerprint density at radius 1 is 0.593 bits per heavy atom. The summed E-state index contributed by atoms with van der Waals surface area (Å²) in [6.07, 6.45) is 1.83. The molecule has 0 saturated heterocycles. The largest absolute Gasteiger partial charge is 0.456 e. The lowest BCUT2D eigenvalue weighted by Crippen LogP contribution is -1.83. The van der Waals surface area contributed by atoms with Crippen molar-refractivity contribution in [3.63, 3.8) is 0 Å². The number of hydrogen-bond acceptors (Lipinski definition) is 2. The summed E-state index contributed by atoms with van der Waals surface area (Å²) in [7, 11) is 0. The van der Waals surface area contributed by atoms with Gasteiger partial charge in [-0.2, -0.15) is 0 Å². The fourth-order valence-electron chi connectivity index (χ4n) is 4.00. The van der Waals surface area contributed by atoms with Gasteiger partial charge in [0, 0.05) is 22.5 Å². The van der Waals surface area contributed by atoms with Crippen molar-refractivity contribution in [3.8, 4) is 11.3 Å². The lowest BCUT2D eigenvalue weighted by molar-refractivity contribution is 0.669. The van der Waals surface area contributed by atoms with Crippen LogP contribution in [0, 0.1) is 0 Å². The fourth-order valence-corrected chi connectivity index (χ4v) is 4.00. The number of benzene rings is 4. The third kappa shape index (κ3) is 2.17. The molecule has 0 bridgehead atoms. The molecule has 0 spiro atoms. The first-order valence-electron chi connectivity index (χ1n) is 9.06. The van der Waals surface area contributed by atoms with E-state index in [1.165, 1.54) is 21.5 Å². The first-order valence-corrected chi connectivity index (χ1v) is 9.06. The van der Waals surface area contributed by atoms with Crippen LogP contribution < -0.4 is 0 Å². The van der Waals surface area contributed by atoms with Crippen LogP contribution >= 0.6 is 0 Å². The third-order valence-corrected chi connectivity index (χ3v) is 5.26. The number of fused-ring (bicyclic) bond motifs is 5. The summed E-state index contributed by atoms with van der Waals surface area (Å²) in [5, 5.41) is 7.17. The van der Waals surface area contributed by atoms with Crippen molar-refractivity contribution in [2.75, 3.05) is 0 Å². The second kappa shape index (κ2) is 5.42. The van der Waals surface area contributed by atoms with E-state index in [-0.39, 0.29) is 0 Å². The Morgan fingerprint density at radius 2 is 1.37 bits per heavy atom. The molecule has 0 amide bonds. The van der Waals surface area contributed by atoms with E-state index in [0.29, 0.717) is 0 Å². The van der Waals surface area contributed by atoms with Gasteiger partial charge in [-0.15, -0.1) is 0 Å². The molecule has 2 aromatic heterocycles. The van der Waals surface area contributed by atoms with Crippen LogP contribution in [0.1, 0.15) is 0 Å². The molecule has 6 aromatic rings. The minimum atomic E-state index is 0.896. The Hall–Kier alpha value is -3.65. The molecule has 0 atom stereocenters. The van der Waals surface area contributed by atoms with Crippen molar-refractivity contribution in [1.29, 1.82) is 0 Å². The lowest BCUT2D eigenvalue weighted by Gasteiger charge is -2.04. The van der Waals surface area contributed by atoms with E-state index in [2.05, 4.69) is 59.6 Å².